The van der Waals surface area contributed by atoms with Crippen molar-refractivity contribution in [1.29, 1.82) is 0 Å². The standard InChI is InChI=1S/C15H25N5O9S/c1-5(21)11(15(28)29)20-13(26)7(3-9(17)22)18-14(27)8(4-30)19-12(25)6(16)2-10(23)24/h5-8,11,21,30H,2-4,16H2,1H3,(H2,17,22)(H,18,27)(H,19,25)(H,20,26)(H,23,24)(H,28,29). The number of nitrogens with one attached hydrogen (secondary N) is 3. The Morgan fingerprint density at radius 2 is 1.40 bits per heavy atom. The van der Waals surface area contributed by atoms with E-state index in [2.05, 4.69) is 23.3 Å². The van der Waals surface area contributed by atoms with Crippen molar-refractivity contribution in [3.8, 4) is 0 Å². The maximum absolute atomic E-state index is 12.4. The fraction of sp³-hybridized carbons (Fsp3) is 0.600. The number of carbonyl (C=O) groups excluding carboxylic acids is 4. The van der Waals surface area contributed by atoms with Crippen LogP contribution in [0.15, 0.2) is 0 Å². The van der Waals surface area contributed by atoms with Crippen LogP contribution in [-0.4, -0.2) is 86.9 Å². The van der Waals surface area contributed by atoms with E-state index in [0.717, 1.165) is 6.92 Å². The minimum atomic E-state index is -1.72. The number of rotatable bonds is 13. The van der Waals surface area contributed by atoms with E-state index < -0.39 is 78.7 Å². The van der Waals surface area contributed by atoms with Crippen LogP contribution in [0.25, 0.3) is 0 Å². The number of carboxylic acid groups (broad SMARTS) is 2. The molecule has 15 heteroatoms. The molecule has 0 aromatic rings. The lowest BCUT2D eigenvalue weighted by atomic mass is 10.1. The van der Waals surface area contributed by atoms with E-state index in [1.807, 2.05) is 5.32 Å². The van der Waals surface area contributed by atoms with Gasteiger partial charge >= 0.3 is 11.9 Å². The molecule has 170 valence electrons. The predicted octanol–water partition coefficient (Wildman–Crippen LogP) is -4.49. The van der Waals surface area contributed by atoms with Gasteiger partial charge in [0.1, 0.15) is 12.1 Å². The van der Waals surface area contributed by atoms with Crippen LogP contribution in [0.1, 0.15) is 19.8 Å². The van der Waals surface area contributed by atoms with Crippen molar-refractivity contribution in [3.05, 3.63) is 0 Å². The number of hydrogen-bond donors (Lipinski definition) is 9. The van der Waals surface area contributed by atoms with E-state index >= 15 is 0 Å². The van der Waals surface area contributed by atoms with Gasteiger partial charge in [0, 0.05) is 5.75 Å². The van der Waals surface area contributed by atoms with E-state index in [1.165, 1.54) is 0 Å². The smallest absolute Gasteiger partial charge is 0.328 e. The molecule has 0 aromatic heterocycles. The molecule has 14 nitrogen and oxygen atoms in total. The molecule has 0 heterocycles. The summed E-state index contributed by atoms with van der Waals surface area (Å²) in [5.74, 6) is -7.28. The number of thiol groups is 1. The highest BCUT2D eigenvalue weighted by molar-refractivity contribution is 7.80. The first-order valence-electron chi connectivity index (χ1n) is 8.48. The Bertz CT molecular complexity index is 687. The molecule has 0 saturated carbocycles. The van der Waals surface area contributed by atoms with Gasteiger partial charge in [-0.2, -0.15) is 12.6 Å². The van der Waals surface area contributed by atoms with Gasteiger partial charge in [0.2, 0.25) is 23.6 Å². The molecule has 30 heavy (non-hydrogen) atoms. The Morgan fingerprint density at radius 1 is 0.900 bits per heavy atom. The molecular weight excluding hydrogens is 426 g/mol. The second-order valence-corrected chi connectivity index (χ2v) is 6.61. The summed E-state index contributed by atoms with van der Waals surface area (Å²) in [6, 6.07) is -6.16. The Hall–Kier alpha value is -2.91. The molecule has 5 unspecified atom stereocenters. The van der Waals surface area contributed by atoms with Crippen LogP contribution in [0, 0.1) is 0 Å². The van der Waals surface area contributed by atoms with Gasteiger partial charge in [-0.3, -0.25) is 24.0 Å². The molecule has 0 rings (SSSR count). The van der Waals surface area contributed by atoms with Crippen molar-refractivity contribution in [3.63, 3.8) is 0 Å². The van der Waals surface area contributed by atoms with Crippen LogP contribution in [0.3, 0.4) is 0 Å². The van der Waals surface area contributed by atoms with E-state index in [4.69, 9.17) is 21.7 Å². The maximum atomic E-state index is 12.4. The minimum Gasteiger partial charge on any atom is -0.481 e. The molecule has 0 spiro atoms. The fourth-order valence-corrected chi connectivity index (χ4v) is 2.34. The van der Waals surface area contributed by atoms with Crippen LogP contribution >= 0.6 is 12.6 Å². The van der Waals surface area contributed by atoms with Crippen LogP contribution in [0.2, 0.25) is 0 Å². The first kappa shape index (κ1) is 27.1. The number of aliphatic hydroxyl groups excluding tert-OH is 1. The predicted molar refractivity (Wildman–Crippen MR) is 103 cm³/mol. The molecule has 4 amide bonds. The number of hydrogen-bond acceptors (Lipinski definition) is 9. The number of nitrogens with two attached hydrogens (primary N) is 2. The quantitative estimate of drug-likeness (QED) is 0.121. The number of carbonyl (C=O) groups is 6. The zero-order valence-corrected chi connectivity index (χ0v) is 16.8. The summed E-state index contributed by atoms with van der Waals surface area (Å²) in [5, 5.41) is 33.3. The van der Waals surface area contributed by atoms with Gasteiger partial charge in [-0.25, -0.2) is 4.79 Å². The van der Waals surface area contributed by atoms with Gasteiger partial charge in [-0.05, 0) is 6.92 Å². The van der Waals surface area contributed by atoms with Crippen molar-refractivity contribution in [2.24, 2.45) is 11.5 Å². The fourth-order valence-electron chi connectivity index (χ4n) is 2.08. The topological polar surface area (TPSA) is 251 Å². The summed E-state index contributed by atoms with van der Waals surface area (Å²) in [7, 11) is 0. The van der Waals surface area contributed by atoms with Crippen molar-refractivity contribution in [2.75, 3.05) is 5.75 Å². The Kier molecular flexibility index (Phi) is 11.4. The number of amides is 4. The highest BCUT2D eigenvalue weighted by atomic mass is 32.1. The van der Waals surface area contributed by atoms with Gasteiger partial charge in [0.15, 0.2) is 6.04 Å². The van der Waals surface area contributed by atoms with E-state index in [9.17, 15) is 33.9 Å². The van der Waals surface area contributed by atoms with Gasteiger partial charge in [-0.15, -0.1) is 0 Å². The third-order valence-corrected chi connectivity index (χ3v) is 4.00. The summed E-state index contributed by atoms with van der Waals surface area (Å²) >= 11 is 3.89. The zero-order chi connectivity index (χ0) is 23.6. The molecule has 0 aliphatic rings. The maximum Gasteiger partial charge on any atom is 0.328 e. The molecule has 5 atom stereocenters. The lowest BCUT2D eigenvalue weighted by molar-refractivity contribution is -0.145. The average Bonchev–Trinajstić information content (AvgIpc) is 2.61. The van der Waals surface area contributed by atoms with E-state index in [-0.39, 0.29) is 5.75 Å². The Labute approximate surface area is 176 Å². The van der Waals surface area contributed by atoms with Crippen molar-refractivity contribution >= 4 is 48.2 Å². The summed E-state index contributed by atoms with van der Waals surface area (Å²) in [6.45, 7) is 1.10. The lowest BCUT2D eigenvalue weighted by Gasteiger charge is -2.24. The minimum absolute atomic E-state index is 0.284. The summed E-state index contributed by atoms with van der Waals surface area (Å²) in [6.07, 6.45) is -2.90. The first-order chi connectivity index (χ1) is 13.8. The summed E-state index contributed by atoms with van der Waals surface area (Å²) in [4.78, 5) is 69.5. The van der Waals surface area contributed by atoms with E-state index in [1.54, 1.807) is 0 Å². The van der Waals surface area contributed by atoms with Gasteiger partial charge in [0.25, 0.3) is 0 Å². The van der Waals surface area contributed by atoms with Gasteiger partial charge < -0.3 is 42.7 Å². The molecular formula is C15H25N5O9S. The highest BCUT2D eigenvalue weighted by Crippen LogP contribution is 2.00. The molecule has 10 N–H and O–H groups in total. The van der Waals surface area contributed by atoms with Gasteiger partial charge in [0.05, 0.1) is 25.0 Å². The number of aliphatic carboxylic acids is 2. The molecule has 0 bridgehead atoms. The van der Waals surface area contributed by atoms with E-state index in [0.29, 0.717) is 0 Å². The third kappa shape index (κ3) is 9.53. The van der Waals surface area contributed by atoms with Crippen LogP contribution < -0.4 is 27.4 Å². The second-order valence-electron chi connectivity index (χ2n) is 6.24. The third-order valence-electron chi connectivity index (χ3n) is 3.63. The first-order valence-corrected chi connectivity index (χ1v) is 9.11. The molecule has 0 radical (unpaired) electrons. The van der Waals surface area contributed by atoms with Crippen molar-refractivity contribution in [2.45, 2.75) is 50.0 Å². The van der Waals surface area contributed by atoms with Gasteiger partial charge in [-0.1, -0.05) is 0 Å². The molecule has 0 aliphatic heterocycles. The summed E-state index contributed by atoms with van der Waals surface area (Å²) < 4.78 is 0. The number of aliphatic hydroxyl groups is 1. The SMILES string of the molecule is CC(O)C(NC(=O)C(CC(N)=O)NC(=O)C(CS)NC(=O)C(N)CC(=O)O)C(=O)O. The number of primary amides is 1. The van der Waals surface area contributed by atoms with Crippen molar-refractivity contribution in [1.82, 2.24) is 16.0 Å². The van der Waals surface area contributed by atoms with Crippen molar-refractivity contribution < 1.29 is 44.1 Å². The van der Waals surface area contributed by atoms with Crippen LogP contribution in [0.5, 0.6) is 0 Å². The summed E-state index contributed by atoms with van der Waals surface area (Å²) in [5.41, 5.74) is 10.4. The molecule has 0 aromatic carbocycles. The largest absolute Gasteiger partial charge is 0.481 e. The normalized spacial score (nSPS) is 15.6. The molecule has 0 saturated heterocycles. The van der Waals surface area contributed by atoms with Crippen LogP contribution in [-0.2, 0) is 28.8 Å². The average molecular weight is 451 g/mol. The molecule has 0 aliphatic carbocycles. The monoisotopic (exact) mass is 451 g/mol. The number of carboxylic acids is 2. The molecule has 0 fully saturated rings. The zero-order valence-electron chi connectivity index (χ0n) is 15.9. The lowest BCUT2D eigenvalue weighted by Crippen LogP contribution is -2.59. The highest BCUT2D eigenvalue weighted by Gasteiger charge is 2.32. The Balaban J connectivity index is 5.28. The second kappa shape index (κ2) is 12.6. The van der Waals surface area contributed by atoms with Crippen LogP contribution in [0.4, 0.5) is 0 Å². The Morgan fingerprint density at radius 3 is 1.80 bits per heavy atom.